The quantitative estimate of drug-likeness (QED) is 0.710. The molecule has 0 radical (unpaired) electrons. The van der Waals surface area contributed by atoms with E-state index >= 15 is 0 Å². The summed E-state index contributed by atoms with van der Waals surface area (Å²) in [6.45, 7) is 0. The monoisotopic (exact) mass is 306 g/mol. The van der Waals surface area contributed by atoms with E-state index in [1.54, 1.807) is 11.3 Å². The Hall–Kier alpha value is -1.46. The number of thiophene rings is 1. The average Bonchev–Trinajstić information content (AvgIpc) is 2.78. The summed E-state index contributed by atoms with van der Waals surface area (Å²) in [6.07, 6.45) is 1.52. The van der Waals surface area contributed by atoms with Crippen LogP contribution in [0.1, 0.15) is 0 Å². The van der Waals surface area contributed by atoms with Crippen molar-refractivity contribution >= 4 is 37.5 Å². The summed E-state index contributed by atoms with van der Waals surface area (Å²) in [5.74, 6) is 1.36. The van der Waals surface area contributed by atoms with E-state index in [2.05, 4.69) is 25.9 Å². The third-order valence-electron chi connectivity index (χ3n) is 2.22. The van der Waals surface area contributed by atoms with Gasteiger partial charge in [0.2, 0.25) is 5.88 Å². The van der Waals surface area contributed by atoms with Crippen LogP contribution in [0.2, 0.25) is 0 Å². The Morgan fingerprint density at radius 3 is 3.00 bits per heavy atom. The molecule has 0 amide bonds. The summed E-state index contributed by atoms with van der Waals surface area (Å²) < 4.78 is 7.70. The molecule has 17 heavy (non-hydrogen) atoms. The van der Waals surface area contributed by atoms with E-state index in [4.69, 9.17) is 4.74 Å². The summed E-state index contributed by atoms with van der Waals surface area (Å²) in [5, 5.41) is 1.98. The van der Waals surface area contributed by atoms with E-state index in [1.807, 2.05) is 35.7 Å². The molecule has 1 aromatic carbocycles. The van der Waals surface area contributed by atoms with Gasteiger partial charge in [0.15, 0.2) is 0 Å². The zero-order valence-corrected chi connectivity index (χ0v) is 11.0. The van der Waals surface area contributed by atoms with Gasteiger partial charge in [0.25, 0.3) is 0 Å². The zero-order chi connectivity index (χ0) is 11.7. The molecule has 5 heteroatoms. The second-order valence-corrected chi connectivity index (χ2v) is 5.21. The smallest absolute Gasteiger partial charge is 0.240 e. The molecule has 0 bridgehead atoms. The Labute approximate surface area is 110 Å². The summed E-state index contributed by atoms with van der Waals surface area (Å²) in [6, 6.07) is 9.63. The third kappa shape index (κ3) is 2.16. The van der Waals surface area contributed by atoms with Crippen LogP contribution in [-0.2, 0) is 0 Å². The number of hydrogen-bond donors (Lipinski definition) is 0. The molecule has 3 aromatic rings. The van der Waals surface area contributed by atoms with E-state index in [1.165, 1.54) is 6.33 Å². The summed E-state index contributed by atoms with van der Waals surface area (Å²) in [5.41, 5.74) is 0.912. The maximum atomic E-state index is 5.76. The van der Waals surface area contributed by atoms with Gasteiger partial charge in [-0.25, -0.2) is 9.97 Å². The van der Waals surface area contributed by atoms with Crippen LogP contribution in [0.3, 0.4) is 0 Å². The third-order valence-corrected chi connectivity index (χ3v) is 3.61. The predicted molar refractivity (Wildman–Crippen MR) is 71.6 cm³/mol. The van der Waals surface area contributed by atoms with Crippen LogP contribution in [0, 0.1) is 0 Å². The van der Waals surface area contributed by atoms with Crippen molar-refractivity contribution in [2.24, 2.45) is 0 Å². The molecule has 0 spiro atoms. The minimum absolute atomic E-state index is 0.600. The highest BCUT2D eigenvalue weighted by Gasteiger charge is 2.07. The van der Waals surface area contributed by atoms with Crippen molar-refractivity contribution in [1.29, 1.82) is 0 Å². The van der Waals surface area contributed by atoms with Crippen molar-refractivity contribution in [3.8, 4) is 11.6 Å². The van der Waals surface area contributed by atoms with Crippen LogP contribution in [0.5, 0.6) is 11.6 Å². The number of nitrogens with zero attached hydrogens (tertiary/aromatic N) is 2. The first kappa shape index (κ1) is 10.7. The normalized spacial score (nSPS) is 10.6. The molecule has 0 saturated heterocycles. The lowest BCUT2D eigenvalue weighted by molar-refractivity contribution is 0.469. The highest BCUT2D eigenvalue weighted by atomic mass is 79.9. The maximum Gasteiger partial charge on any atom is 0.240 e. The largest absolute Gasteiger partial charge is 0.437 e. The van der Waals surface area contributed by atoms with Gasteiger partial charge in [-0.1, -0.05) is 22.0 Å². The molecule has 3 rings (SSSR count). The molecule has 0 N–H and O–H groups in total. The van der Waals surface area contributed by atoms with E-state index in [-0.39, 0.29) is 0 Å². The van der Waals surface area contributed by atoms with Crippen LogP contribution in [0.25, 0.3) is 10.2 Å². The minimum Gasteiger partial charge on any atom is -0.437 e. The molecule has 0 aliphatic carbocycles. The fourth-order valence-electron chi connectivity index (χ4n) is 1.48. The van der Waals surface area contributed by atoms with Gasteiger partial charge in [-0.2, -0.15) is 0 Å². The lowest BCUT2D eigenvalue weighted by Gasteiger charge is -2.05. The van der Waals surface area contributed by atoms with Crippen LogP contribution in [0.15, 0.2) is 46.5 Å². The first-order valence-corrected chi connectivity index (χ1v) is 6.62. The molecule has 0 saturated carbocycles. The van der Waals surface area contributed by atoms with Crippen molar-refractivity contribution in [1.82, 2.24) is 9.97 Å². The number of ether oxygens (including phenoxy) is 1. The molecule has 0 aliphatic heterocycles. The molecule has 0 atom stereocenters. The fourth-order valence-corrected chi connectivity index (χ4v) is 2.63. The molecule has 0 aliphatic rings. The van der Waals surface area contributed by atoms with Gasteiger partial charge in [0.05, 0.1) is 5.52 Å². The summed E-state index contributed by atoms with van der Waals surface area (Å²) >= 11 is 4.98. The van der Waals surface area contributed by atoms with Crippen LogP contribution >= 0.6 is 27.3 Å². The molecule has 0 unspecified atom stereocenters. The maximum absolute atomic E-state index is 5.76. The van der Waals surface area contributed by atoms with Gasteiger partial charge in [-0.3, -0.25) is 0 Å². The Morgan fingerprint density at radius 2 is 2.12 bits per heavy atom. The second-order valence-electron chi connectivity index (χ2n) is 3.37. The van der Waals surface area contributed by atoms with Crippen molar-refractivity contribution in [3.63, 3.8) is 0 Å². The van der Waals surface area contributed by atoms with Gasteiger partial charge in [0, 0.05) is 4.47 Å². The standard InChI is InChI=1S/C12H7BrN2OS/c13-8-2-1-3-9(6-8)16-12-11-10(4-5-17-11)14-7-15-12/h1-7H. The lowest BCUT2D eigenvalue weighted by Crippen LogP contribution is -1.88. The van der Waals surface area contributed by atoms with Crippen molar-refractivity contribution < 1.29 is 4.74 Å². The van der Waals surface area contributed by atoms with E-state index in [0.717, 1.165) is 20.4 Å². The van der Waals surface area contributed by atoms with Gasteiger partial charge in [-0.15, -0.1) is 11.3 Å². The molecule has 3 nitrogen and oxygen atoms in total. The van der Waals surface area contributed by atoms with Crippen molar-refractivity contribution in [3.05, 3.63) is 46.5 Å². The van der Waals surface area contributed by atoms with Crippen LogP contribution < -0.4 is 4.74 Å². The SMILES string of the molecule is Brc1cccc(Oc2ncnc3ccsc23)c1. The Kier molecular flexibility index (Phi) is 2.78. The molecular weight excluding hydrogens is 300 g/mol. The number of fused-ring (bicyclic) bond motifs is 1. The Morgan fingerprint density at radius 1 is 1.18 bits per heavy atom. The van der Waals surface area contributed by atoms with Gasteiger partial charge < -0.3 is 4.74 Å². The van der Waals surface area contributed by atoms with Gasteiger partial charge in [0.1, 0.15) is 16.8 Å². The molecule has 84 valence electrons. The zero-order valence-electron chi connectivity index (χ0n) is 8.63. The van der Waals surface area contributed by atoms with E-state index in [0.29, 0.717) is 5.88 Å². The topological polar surface area (TPSA) is 35.0 Å². The number of hydrogen-bond acceptors (Lipinski definition) is 4. The lowest BCUT2D eigenvalue weighted by atomic mass is 10.3. The van der Waals surface area contributed by atoms with Crippen molar-refractivity contribution in [2.75, 3.05) is 0 Å². The van der Waals surface area contributed by atoms with Crippen molar-refractivity contribution in [2.45, 2.75) is 0 Å². The van der Waals surface area contributed by atoms with Gasteiger partial charge in [-0.05, 0) is 29.6 Å². The molecule has 2 heterocycles. The highest BCUT2D eigenvalue weighted by molar-refractivity contribution is 9.10. The van der Waals surface area contributed by atoms with Gasteiger partial charge >= 0.3 is 0 Å². The second kappa shape index (κ2) is 4.43. The molecular formula is C12H7BrN2OS. The predicted octanol–water partition coefficient (Wildman–Crippen LogP) is 4.25. The van der Waals surface area contributed by atoms with E-state index in [9.17, 15) is 0 Å². The fraction of sp³-hybridized carbons (Fsp3) is 0. The average molecular weight is 307 g/mol. The number of benzene rings is 1. The molecule has 0 fully saturated rings. The highest BCUT2D eigenvalue weighted by Crippen LogP contribution is 2.31. The molecule has 2 aromatic heterocycles. The minimum atomic E-state index is 0.600. The Balaban J connectivity index is 2.02. The number of rotatable bonds is 2. The summed E-state index contributed by atoms with van der Waals surface area (Å²) in [7, 11) is 0. The Bertz CT molecular complexity index is 668. The number of aromatic nitrogens is 2. The van der Waals surface area contributed by atoms with Crippen LogP contribution in [-0.4, -0.2) is 9.97 Å². The first-order valence-electron chi connectivity index (χ1n) is 4.94. The first-order chi connectivity index (χ1) is 8.33. The van der Waals surface area contributed by atoms with E-state index < -0.39 is 0 Å². The van der Waals surface area contributed by atoms with Crippen LogP contribution in [0.4, 0.5) is 0 Å². The number of halogens is 1. The summed E-state index contributed by atoms with van der Waals surface area (Å²) in [4.78, 5) is 8.34.